The molecule has 2 aromatic carbocycles. The van der Waals surface area contributed by atoms with Crippen LogP contribution < -0.4 is 5.56 Å². The Balaban J connectivity index is 1.33. The minimum atomic E-state index is -0.855. The maximum atomic E-state index is 12.7. The summed E-state index contributed by atoms with van der Waals surface area (Å²) >= 11 is 0. The third-order valence-corrected chi connectivity index (χ3v) is 5.33. The second kappa shape index (κ2) is 8.49. The van der Waals surface area contributed by atoms with Crippen molar-refractivity contribution in [1.82, 2.24) is 14.9 Å². The summed E-state index contributed by atoms with van der Waals surface area (Å²) in [5, 5.41) is 0.506. The summed E-state index contributed by atoms with van der Waals surface area (Å²) < 4.78 is 5.34. The second-order valence-electron chi connectivity index (χ2n) is 7.44. The number of carbonyl (C=O) groups is 2. The van der Waals surface area contributed by atoms with Crippen molar-refractivity contribution in [2.75, 3.05) is 6.54 Å². The molecule has 0 unspecified atom stereocenters. The van der Waals surface area contributed by atoms with Crippen molar-refractivity contribution in [1.29, 1.82) is 0 Å². The summed E-state index contributed by atoms with van der Waals surface area (Å²) in [4.78, 5) is 45.9. The molecule has 154 valence electrons. The highest BCUT2D eigenvalue weighted by atomic mass is 16.5. The number of aromatic nitrogens is 2. The van der Waals surface area contributed by atoms with Crippen molar-refractivity contribution in [3.05, 3.63) is 75.8 Å². The van der Waals surface area contributed by atoms with Gasteiger partial charge in [0.05, 0.1) is 17.3 Å². The molecule has 0 fully saturated rings. The maximum absolute atomic E-state index is 12.7. The number of hydrogen-bond acceptors (Lipinski definition) is 5. The first-order chi connectivity index (χ1) is 14.5. The van der Waals surface area contributed by atoms with Crippen LogP contribution in [0, 0.1) is 0 Å². The molecule has 3 aromatic rings. The van der Waals surface area contributed by atoms with Crippen LogP contribution in [0.1, 0.15) is 30.3 Å². The van der Waals surface area contributed by atoms with Gasteiger partial charge in [-0.1, -0.05) is 36.4 Å². The third-order valence-electron chi connectivity index (χ3n) is 5.33. The Bertz CT molecular complexity index is 1150. The summed E-state index contributed by atoms with van der Waals surface area (Å²) in [6.07, 6.45) is 0.203. The lowest BCUT2D eigenvalue weighted by molar-refractivity contribution is -0.159. The van der Waals surface area contributed by atoms with Crippen molar-refractivity contribution < 1.29 is 14.3 Å². The van der Waals surface area contributed by atoms with E-state index in [9.17, 15) is 14.4 Å². The van der Waals surface area contributed by atoms with Gasteiger partial charge in [0.2, 0.25) is 0 Å². The molecule has 0 bridgehead atoms. The molecule has 1 N–H and O–H groups in total. The highest BCUT2D eigenvalue weighted by Gasteiger charge is 2.26. The summed E-state index contributed by atoms with van der Waals surface area (Å²) in [6.45, 7) is 2.73. The number of H-pyrrole nitrogens is 1. The first-order valence-corrected chi connectivity index (χ1v) is 10.0. The first kappa shape index (κ1) is 19.8. The van der Waals surface area contributed by atoms with E-state index in [1.807, 2.05) is 18.2 Å². The second-order valence-corrected chi connectivity index (χ2v) is 7.44. The number of esters is 1. The molecule has 7 heteroatoms. The van der Waals surface area contributed by atoms with Crippen LogP contribution in [0.3, 0.4) is 0 Å². The van der Waals surface area contributed by atoms with Crippen molar-refractivity contribution in [2.45, 2.75) is 38.8 Å². The minimum absolute atomic E-state index is 0.0295. The Hall–Kier alpha value is -3.48. The van der Waals surface area contributed by atoms with Crippen LogP contribution in [0.25, 0.3) is 10.9 Å². The number of aromatic amines is 1. The molecule has 1 aliphatic rings. The molecule has 0 saturated carbocycles. The summed E-state index contributed by atoms with van der Waals surface area (Å²) in [6, 6.07) is 15.1. The smallest absolute Gasteiger partial charge is 0.307 e. The molecule has 7 nitrogen and oxygen atoms in total. The zero-order chi connectivity index (χ0) is 21.1. The number of nitrogens with zero attached hydrogens (tertiary/aromatic N) is 2. The Morgan fingerprint density at radius 1 is 1.13 bits per heavy atom. The van der Waals surface area contributed by atoms with Gasteiger partial charge >= 0.3 is 5.97 Å². The number of hydrogen-bond donors (Lipinski definition) is 1. The fraction of sp³-hybridized carbons (Fsp3) is 0.304. The number of carbonyl (C=O) groups excluding carboxylic acids is 2. The van der Waals surface area contributed by atoms with Crippen molar-refractivity contribution in [3.63, 3.8) is 0 Å². The summed E-state index contributed by atoms with van der Waals surface area (Å²) in [7, 11) is 0. The van der Waals surface area contributed by atoms with E-state index >= 15 is 0 Å². The van der Waals surface area contributed by atoms with Gasteiger partial charge in [0.1, 0.15) is 5.82 Å². The normalized spacial score (nSPS) is 14.2. The molecule has 4 rings (SSSR count). The fourth-order valence-corrected chi connectivity index (χ4v) is 3.72. The highest BCUT2D eigenvalue weighted by Crippen LogP contribution is 2.19. The van der Waals surface area contributed by atoms with Gasteiger partial charge in [-0.2, -0.15) is 0 Å². The number of rotatable bonds is 5. The number of aryl methyl sites for hydroxylation is 1. The van der Waals surface area contributed by atoms with Crippen LogP contribution in [0.4, 0.5) is 0 Å². The lowest BCUT2D eigenvalue weighted by Crippen LogP contribution is -2.42. The molecule has 1 amide bonds. The van der Waals surface area contributed by atoms with Gasteiger partial charge in [0.25, 0.3) is 11.5 Å². The monoisotopic (exact) mass is 405 g/mol. The number of nitrogens with one attached hydrogen (secondary N) is 1. The first-order valence-electron chi connectivity index (χ1n) is 10.0. The fourth-order valence-electron chi connectivity index (χ4n) is 3.72. The largest absolute Gasteiger partial charge is 0.453 e. The molecule has 2 heterocycles. The molecule has 1 atom stereocenters. The van der Waals surface area contributed by atoms with Crippen LogP contribution in [0.5, 0.6) is 0 Å². The number of benzene rings is 2. The van der Waals surface area contributed by atoms with E-state index in [0.717, 1.165) is 12.0 Å². The topological polar surface area (TPSA) is 92.4 Å². The van der Waals surface area contributed by atoms with Gasteiger partial charge < -0.3 is 14.6 Å². The van der Waals surface area contributed by atoms with Crippen LogP contribution >= 0.6 is 0 Å². The van der Waals surface area contributed by atoms with Gasteiger partial charge in [0, 0.05) is 19.5 Å². The third kappa shape index (κ3) is 4.25. The van der Waals surface area contributed by atoms with Crippen LogP contribution in [-0.2, 0) is 33.7 Å². The Kier molecular flexibility index (Phi) is 5.61. The van der Waals surface area contributed by atoms with Crippen LogP contribution in [0.2, 0.25) is 0 Å². The van der Waals surface area contributed by atoms with E-state index in [-0.39, 0.29) is 24.3 Å². The van der Waals surface area contributed by atoms with Crippen molar-refractivity contribution in [2.24, 2.45) is 0 Å². The van der Waals surface area contributed by atoms with Crippen molar-refractivity contribution >= 4 is 22.8 Å². The van der Waals surface area contributed by atoms with E-state index < -0.39 is 12.1 Å². The summed E-state index contributed by atoms with van der Waals surface area (Å²) in [5.74, 6) is -0.276. The Labute approximate surface area is 173 Å². The van der Waals surface area contributed by atoms with Gasteiger partial charge in [0.15, 0.2) is 6.10 Å². The standard InChI is InChI=1S/C23H23N3O4/c1-15(23(29)26-13-12-16-6-2-3-7-17(16)14-26)30-21(27)11-10-20-24-19-9-5-4-8-18(19)22(28)25-20/h2-9,15H,10-14H2,1H3,(H,24,25,28)/t15-/m1/s1. The Morgan fingerprint density at radius 3 is 2.70 bits per heavy atom. The van der Waals surface area contributed by atoms with E-state index in [1.165, 1.54) is 5.56 Å². The predicted molar refractivity (Wildman–Crippen MR) is 112 cm³/mol. The molecular weight excluding hydrogens is 382 g/mol. The number of fused-ring (bicyclic) bond motifs is 2. The lowest BCUT2D eigenvalue weighted by atomic mass is 9.99. The molecule has 0 radical (unpaired) electrons. The molecule has 0 saturated heterocycles. The molecule has 1 aromatic heterocycles. The SMILES string of the molecule is C[C@@H](OC(=O)CCc1nc2ccccc2c(=O)[nH]1)C(=O)N1CCc2ccccc2C1. The van der Waals surface area contributed by atoms with Crippen LogP contribution in [0.15, 0.2) is 53.3 Å². The zero-order valence-electron chi connectivity index (χ0n) is 16.8. The quantitative estimate of drug-likeness (QED) is 0.658. The van der Waals surface area contributed by atoms with Gasteiger partial charge in [-0.15, -0.1) is 0 Å². The van der Waals surface area contributed by atoms with Crippen molar-refractivity contribution in [3.8, 4) is 0 Å². The van der Waals surface area contributed by atoms with Gasteiger partial charge in [-0.3, -0.25) is 14.4 Å². The van der Waals surface area contributed by atoms with E-state index in [4.69, 9.17) is 4.74 Å². The molecule has 1 aliphatic heterocycles. The number of ether oxygens (including phenoxy) is 1. The molecule has 30 heavy (non-hydrogen) atoms. The number of para-hydroxylation sites is 1. The maximum Gasteiger partial charge on any atom is 0.307 e. The zero-order valence-corrected chi connectivity index (χ0v) is 16.8. The molecule has 0 spiro atoms. The molecular formula is C23H23N3O4. The minimum Gasteiger partial charge on any atom is -0.453 e. The lowest BCUT2D eigenvalue weighted by Gasteiger charge is -2.30. The van der Waals surface area contributed by atoms with Gasteiger partial charge in [-0.05, 0) is 36.6 Å². The van der Waals surface area contributed by atoms with E-state index in [0.29, 0.717) is 29.8 Å². The van der Waals surface area contributed by atoms with E-state index in [2.05, 4.69) is 16.0 Å². The van der Waals surface area contributed by atoms with Crippen LogP contribution in [-0.4, -0.2) is 39.4 Å². The highest BCUT2D eigenvalue weighted by molar-refractivity contribution is 5.83. The average molecular weight is 405 g/mol. The van der Waals surface area contributed by atoms with Gasteiger partial charge in [-0.25, -0.2) is 4.98 Å². The summed E-state index contributed by atoms with van der Waals surface area (Å²) in [5.41, 5.74) is 2.72. The molecule has 0 aliphatic carbocycles. The average Bonchev–Trinajstić information content (AvgIpc) is 2.77. The van der Waals surface area contributed by atoms with E-state index in [1.54, 1.807) is 36.1 Å². The predicted octanol–water partition coefficient (Wildman–Crippen LogP) is 2.37. The number of amides is 1. The Morgan fingerprint density at radius 2 is 1.87 bits per heavy atom.